The van der Waals surface area contributed by atoms with Crippen LogP contribution in [0.5, 0.6) is 0 Å². The van der Waals surface area contributed by atoms with E-state index in [0.717, 1.165) is 28.8 Å². The summed E-state index contributed by atoms with van der Waals surface area (Å²) in [4.78, 5) is 4.23. The van der Waals surface area contributed by atoms with Gasteiger partial charge in [-0.2, -0.15) is 0 Å². The van der Waals surface area contributed by atoms with E-state index in [-0.39, 0.29) is 5.82 Å². The van der Waals surface area contributed by atoms with E-state index in [2.05, 4.69) is 31.6 Å². The van der Waals surface area contributed by atoms with Crippen LogP contribution in [-0.2, 0) is 11.3 Å². The molecule has 1 aromatic rings. The van der Waals surface area contributed by atoms with Crippen LogP contribution >= 0.6 is 15.9 Å². The summed E-state index contributed by atoms with van der Waals surface area (Å²) >= 11 is 3.30. The monoisotopic (exact) mass is 355 g/mol. The summed E-state index contributed by atoms with van der Waals surface area (Å²) in [5, 5.41) is 6.63. The fraction of sp³-hybridized carbons (Fsp3) is 0.533. The molecule has 1 aromatic carbocycles. The first-order valence-electron chi connectivity index (χ1n) is 7.21. The largest absolute Gasteiger partial charge is 0.373 e. The number of rotatable bonds is 3. The number of nitrogens with zero attached hydrogens (tertiary/aromatic N) is 1. The standard InChI is InChI=1S/C15H19BrFN3O/c1-18-15(20-13-7-12-2-3-14(13)21-12)19-8-9-4-10(16)6-11(17)5-9/h4-6,12-14H,2-3,7-8H2,1H3,(H2,18,19,20). The number of nitrogens with one attached hydrogen (secondary N) is 2. The predicted molar refractivity (Wildman–Crippen MR) is 83.7 cm³/mol. The lowest BCUT2D eigenvalue weighted by molar-refractivity contribution is 0.0992. The second-order valence-corrected chi connectivity index (χ2v) is 6.48. The molecule has 2 aliphatic rings. The van der Waals surface area contributed by atoms with Crippen LogP contribution in [0.4, 0.5) is 4.39 Å². The lowest BCUT2D eigenvalue weighted by Crippen LogP contribution is -2.47. The fourth-order valence-corrected chi connectivity index (χ4v) is 3.57. The average Bonchev–Trinajstić information content (AvgIpc) is 3.04. The van der Waals surface area contributed by atoms with Gasteiger partial charge in [0, 0.05) is 18.1 Å². The zero-order valence-corrected chi connectivity index (χ0v) is 13.5. The highest BCUT2D eigenvalue weighted by atomic mass is 79.9. The molecule has 2 N–H and O–H groups in total. The number of aliphatic imine (C=N–C) groups is 1. The van der Waals surface area contributed by atoms with Gasteiger partial charge in [0.15, 0.2) is 5.96 Å². The third-order valence-electron chi connectivity index (χ3n) is 4.03. The molecule has 2 bridgehead atoms. The Labute approximate surface area is 132 Å². The van der Waals surface area contributed by atoms with E-state index in [1.165, 1.54) is 18.6 Å². The van der Waals surface area contributed by atoms with Crippen LogP contribution in [0.25, 0.3) is 0 Å². The zero-order chi connectivity index (χ0) is 14.8. The number of ether oxygens (including phenoxy) is 1. The van der Waals surface area contributed by atoms with Gasteiger partial charge in [0.2, 0.25) is 0 Å². The number of fused-ring (bicyclic) bond motifs is 2. The van der Waals surface area contributed by atoms with E-state index >= 15 is 0 Å². The highest BCUT2D eigenvalue weighted by Crippen LogP contribution is 2.34. The van der Waals surface area contributed by atoms with Crippen LogP contribution in [-0.4, -0.2) is 31.3 Å². The Morgan fingerprint density at radius 3 is 2.90 bits per heavy atom. The first-order valence-corrected chi connectivity index (χ1v) is 8.01. The maximum absolute atomic E-state index is 13.3. The summed E-state index contributed by atoms with van der Waals surface area (Å²) in [5.74, 6) is 0.488. The molecule has 4 nitrogen and oxygen atoms in total. The Bertz CT molecular complexity index is 531. The second-order valence-electron chi connectivity index (χ2n) is 5.56. The van der Waals surface area contributed by atoms with E-state index in [1.807, 2.05) is 6.07 Å². The Morgan fingerprint density at radius 2 is 2.29 bits per heavy atom. The molecule has 0 spiro atoms. The third-order valence-corrected chi connectivity index (χ3v) is 4.49. The smallest absolute Gasteiger partial charge is 0.191 e. The molecule has 2 heterocycles. The molecule has 3 rings (SSSR count). The van der Waals surface area contributed by atoms with Crippen molar-refractivity contribution in [2.45, 2.75) is 44.1 Å². The first kappa shape index (κ1) is 14.8. The molecule has 3 atom stereocenters. The van der Waals surface area contributed by atoms with Crippen LogP contribution in [0.2, 0.25) is 0 Å². The van der Waals surface area contributed by atoms with Crippen molar-refractivity contribution in [2.75, 3.05) is 7.05 Å². The molecule has 0 amide bonds. The highest BCUT2D eigenvalue weighted by molar-refractivity contribution is 9.10. The average molecular weight is 356 g/mol. The minimum atomic E-state index is -0.245. The zero-order valence-electron chi connectivity index (χ0n) is 11.9. The Morgan fingerprint density at radius 1 is 1.43 bits per heavy atom. The minimum absolute atomic E-state index is 0.245. The van der Waals surface area contributed by atoms with E-state index in [0.29, 0.717) is 24.8 Å². The van der Waals surface area contributed by atoms with Crippen molar-refractivity contribution < 1.29 is 9.13 Å². The molecule has 0 radical (unpaired) electrons. The molecule has 0 aromatic heterocycles. The van der Waals surface area contributed by atoms with E-state index in [4.69, 9.17) is 4.74 Å². The molecule has 2 aliphatic heterocycles. The van der Waals surface area contributed by atoms with Gasteiger partial charge in [-0.15, -0.1) is 0 Å². The van der Waals surface area contributed by atoms with Crippen molar-refractivity contribution in [3.8, 4) is 0 Å². The SMILES string of the molecule is CN=C(NCc1cc(F)cc(Br)c1)NC1CC2CCC1O2. The molecule has 0 saturated carbocycles. The van der Waals surface area contributed by atoms with Gasteiger partial charge in [-0.25, -0.2) is 4.39 Å². The van der Waals surface area contributed by atoms with Crippen molar-refractivity contribution in [3.63, 3.8) is 0 Å². The van der Waals surface area contributed by atoms with Crippen molar-refractivity contribution in [3.05, 3.63) is 34.1 Å². The van der Waals surface area contributed by atoms with Crippen molar-refractivity contribution in [2.24, 2.45) is 4.99 Å². The summed E-state index contributed by atoms with van der Waals surface area (Å²) < 4.78 is 19.9. The van der Waals surface area contributed by atoms with E-state index in [1.54, 1.807) is 7.05 Å². The van der Waals surface area contributed by atoms with Gasteiger partial charge < -0.3 is 15.4 Å². The van der Waals surface area contributed by atoms with Gasteiger partial charge >= 0.3 is 0 Å². The summed E-state index contributed by atoms with van der Waals surface area (Å²) in [6, 6.07) is 5.19. The van der Waals surface area contributed by atoms with Crippen molar-refractivity contribution in [1.29, 1.82) is 0 Å². The van der Waals surface area contributed by atoms with Crippen LogP contribution in [0.15, 0.2) is 27.7 Å². The normalized spacial score (nSPS) is 28.0. The molecule has 21 heavy (non-hydrogen) atoms. The van der Waals surface area contributed by atoms with E-state index in [9.17, 15) is 4.39 Å². The minimum Gasteiger partial charge on any atom is -0.373 e. The quantitative estimate of drug-likeness (QED) is 0.647. The summed E-state index contributed by atoms with van der Waals surface area (Å²) in [5.41, 5.74) is 0.869. The number of hydrogen-bond acceptors (Lipinski definition) is 2. The topological polar surface area (TPSA) is 45.7 Å². The van der Waals surface area contributed by atoms with Crippen LogP contribution < -0.4 is 10.6 Å². The maximum Gasteiger partial charge on any atom is 0.191 e. The molecular weight excluding hydrogens is 337 g/mol. The van der Waals surface area contributed by atoms with Crippen LogP contribution in [0.1, 0.15) is 24.8 Å². The molecule has 2 saturated heterocycles. The van der Waals surface area contributed by atoms with Gasteiger partial charge in [0.25, 0.3) is 0 Å². The summed E-state index contributed by atoms with van der Waals surface area (Å²) in [6.07, 6.45) is 4.04. The van der Waals surface area contributed by atoms with Gasteiger partial charge in [-0.05, 0) is 43.0 Å². The second kappa shape index (κ2) is 6.32. The summed E-state index contributed by atoms with van der Waals surface area (Å²) in [7, 11) is 1.74. The van der Waals surface area contributed by atoms with E-state index < -0.39 is 0 Å². The van der Waals surface area contributed by atoms with Crippen molar-refractivity contribution in [1.82, 2.24) is 10.6 Å². The molecular formula is C15H19BrFN3O. The molecule has 0 aliphatic carbocycles. The number of benzene rings is 1. The van der Waals surface area contributed by atoms with Gasteiger partial charge in [0.1, 0.15) is 5.82 Å². The highest BCUT2D eigenvalue weighted by Gasteiger charge is 2.41. The fourth-order valence-electron chi connectivity index (χ4n) is 3.06. The van der Waals surface area contributed by atoms with Gasteiger partial charge in [-0.1, -0.05) is 15.9 Å². The first-order chi connectivity index (χ1) is 10.1. The Hall–Kier alpha value is -1.14. The maximum atomic E-state index is 13.3. The Balaban J connectivity index is 1.55. The summed E-state index contributed by atoms with van der Waals surface area (Å²) in [6.45, 7) is 0.526. The lowest BCUT2D eigenvalue weighted by Gasteiger charge is -2.22. The molecule has 114 valence electrons. The molecule has 2 fully saturated rings. The van der Waals surface area contributed by atoms with Gasteiger partial charge in [0.05, 0.1) is 18.2 Å². The predicted octanol–water partition coefficient (Wildman–Crippen LogP) is 2.57. The van der Waals surface area contributed by atoms with Crippen molar-refractivity contribution >= 4 is 21.9 Å². The molecule has 6 heteroatoms. The lowest BCUT2D eigenvalue weighted by atomic mass is 9.96. The third kappa shape index (κ3) is 3.55. The Kier molecular flexibility index (Phi) is 4.45. The molecule has 3 unspecified atom stereocenters. The number of guanidine groups is 1. The number of halogens is 2. The van der Waals surface area contributed by atoms with Crippen LogP contribution in [0, 0.1) is 5.82 Å². The van der Waals surface area contributed by atoms with Crippen LogP contribution in [0.3, 0.4) is 0 Å². The van der Waals surface area contributed by atoms with Gasteiger partial charge in [-0.3, -0.25) is 4.99 Å². The number of hydrogen-bond donors (Lipinski definition) is 2.